The maximum atomic E-state index is 11.3. The number of methoxy groups -OCH3 is 1. The maximum Gasteiger partial charge on any atom is 0.220 e. The number of hydrogen-bond donors (Lipinski definition) is 1. The van der Waals surface area contributed by atoms with Gasteiger partial charge in [0.2, 0.25) is 5.95 Å². The van der Waals surface area contributed by atoms with E-state index < -0.39 is 0 Å². The number of rotatable bonds is 5. The van der Waals surface area contributed by atoms with Crippen molar-refractivity contribution in [1.29, 1.82) is 0 Å². The lowest BCUT2D eigenvalue weighted by molar-refractivity contribution is 0.112. The minimum absolute atomic E-state index is 0.223. The lowest BCUT2D eigenvalue weighted by atomic mass is 10.1. The summed E-state index contributed by atoms with van der Waals surface area (Å²) in [5.74, 6) is 0.751. The molecule has 0 spiro atoms. The van der Waals surface area contributed by atoms with Crippen LogP contribution in [-0.2, 0) is 6.42 Å². The third-order valence-electron chi connectivity index (χ3n) is 4.50. The first-order valence-corrected chi connectivity index (χ1v) is 8.78. The van der Waals surface area contributed by atoms with Crippen molar-refractivity contribution in [2.45, 2.75) is 6.42 Å². The Morgan fingerprint density at radius 1 is 1.00 bits per heavy atom. The van der Waals surface area contributed by atoms with Crippen LogP contribution in [0.15, 0.2) is 60.7 Å². The van der Waals surface area contributed by atoms with Crippen LogP contribution >= 0.6 is 0 Å². The quantitative estimate of drug-likeness (QED) is 0.539. The summed E-state index contributed by atoms with van der Waals surface area (Å²) < 4.78 is 5.21. The first kappa shape index (κ1) is 17.6. The van der Waals surface area contributed by atoms with E-state index in [1.165, 1.54) is 7.11 Å². The molecule has 0 fully saturated rings. The zero-order chi connectivity index (χ0) is 19.5. The molecule has 28 heavy (non-hydrogen) atoms. The topological polar surface area (TPSA) is 91.0 Å². The van der Waals surface area contributed by atoms with Gasteiger partial charge >= 0.3 is 0 Å². The molecule has 0 amide bonds. The second-order valence-corrected chi connectivity index (χ2v) is 6.33. The van der Waals surface area contributed by atoms with Crippen molar-refractivity contribution in [2.24, 2.45) is 0 Å². The number of fused-ring (bicyclic) bond motifs is 1. The first-order valence-electron chi connectivity index (χ1n) is 8.78. The molecule has 2 aromatic heterocycles. The maximum absolute atomic E-state index is 11.3. The van der Waals surface area contributed by atoms with Gasteiger partial charge in [-0.3, -0.25) is 4.79 Å². The van der Waals surface area contributed by atoms with Gasteiger partial charge in [-0.25, -0.2) is 15.0 Å². The summed E-state index contributed by atoms with van der Waals surface area (Å²) >= 11 is 0. The Hall–Kier alpha value is -3.80. The number of pyridine rings is 1. The number of hydrogen-bond acceptors (Lipinski definition) is 6. The first-order chi connectivity index (χ1) is 13.7. The summed E-state index contributed by atoms with van der Waals surface area (Å²) in [5, 5.41) is 0. The molecule has 0 atom stereocenters. The largest absolute Gasteiger partial charge is 0.496 e. The molecule has 0 aliphatic rings. The molecule has 0 bridgehead atoms. The van der Waals surface area contributed by atoms with E-state index in [0.717, 1.165) is 28.8 Å². The van der Waals surface area contributed by atoms with Crippen molar-refractivity contribution in [3.63, 3.8) is 0 Å². The van der Waals surface area contributed by atoms with E-state index in [4.69, 9.17) is 15.5 Å². The highest BCUT2D eigenvalue weighted by Gasteiger charge is 2.12. The SMILES string of the molecule is COc1ccc(-c2ccc3nc(N)nc(Cc4ccccc4)c3n2)cc1C=O. The van der Waals surface area contributed by atoms with Crippen LogP contribution in [0.25, 0.3) is 22.3 Å². The van der Waals surface area contributed by atoms with Gasteiger partial charge in [-0.05, 0) is 35.9 Å². The number of ether oxygens (including phenoxy) is 1. The smallest absolute Gasteiger partial charge is 0.220 e. The Labute approximate surface area is 162 Å². The summed E-state index contributed by atoms with van der Waals surface area (Å²) in [6.45, 7) is 0. The number of carbonyl (C=O) groups excluding carboxylic acids is 1. The van der Waals surface area contributed by atoms with Gasteiger partial charge in [0, 0.05) is 12.0 Å². The second kappa shape index (κ2) is 7.44. The summed E-state index contributed by atoms with van der Waals surface area (Å²) in [7, 11) is 1.54. The summed E-state index contributed by atoms with van der Waals surface area (Å²) in [6.07, 6.45) is 1.37. The van der Waals surface area contributed by atoms with E-state index in [9.17, 15) is 4.79 Å². The fourth-order valence-corrected chi connectivity index (χ4v) is 3.15. The van der Waals surface area contributed by atoms with Crippen LogP contribution < -0.4 is 10.5 Å². The lowest BCUT2D eigenvalue weighted by Gasteiger charge is -2.10. The zero-order valence-corrected chi connectivity index (χ0v) is 15.3. The molecular formula is C22H18N4O2. The van der Waals surface area contributed by atoms with Gasteiger partial charge in [-0.2, -0.15) is 0 Å². The molecule has 2 aromatic carbocycles. The molecular weight excluding hydrogens is 352 g/mol. The molecule has 2 heterocycles. The van der Waals surface area contributed by atoms with Crippen molar-refractivity contribution in [1.82, 2.24) is 15.0 Å². The molecule has 0 saturated carbocycles. The van der Waals surface area contributed by atoms with Crippen molar-refractivity contribution < 1.29 is 9.53 Å². The monoisotopic (exact) mass is 370 g/mol. The number of aromatic nitrogens is 3. The van der Waals surface area contributed by atoms with Gasteiger partial charge in [-0.1, -0.05) is 30.3 Å². The number of benzene rings is 2. The molecule has 2 N–H and O–H groups in total. The summed E-state index contributed by atoms with van der Waals surface area (Å²) in [4.78, 5) is 24.8. The number of nitrogens with two attached hydrogens (primary N) is 1. The van der Waals surface area contributed by atoms with Crippen molar-refractivity contribution in [2.75, 3.05) is 12.8 Å². The Balaban J connectivity index is 1.83. The van der Waals surface area contributed by atoms with E-state index in [1.807, 2.05) is 48.5 Å². The van der Waals surface area contributed by atoms with E-state index in [1.54, 1.807) is 12.1 Å². The van der Waals surface area contributed by atoms with E-state index in [0.29, 0.717) is 28.8 Å². The van der Waals surface area contributed by atoms with Crippen LogP contribution in [0.2, 0.25) is 0 Å². The minimum atomic E-state index is 0.223. The average molecular weight is 370 g/mol. The lowest BCUT2D eigenvalue weighted by Crippen LogP contribution is -2.03. The minimum Gasteiger partial charge on any atom is -0.496 e. The van der Waals surface area contributed by atoms with Crippen LogP contribution in [0.1, 0.15) is 21.6 Å². The van der Waals surface area contributed by atoms with Crippen molar-refractivity contribution in [3.05, 3.63) is 77.5 Å². The fourth-order valence-electron chi connectivity index (χ4n) is 3.15. The van der Waals surface area contributed by atoms with Crippen LogP contribution in [0, 0.1) is 0 Å². The molecule has 4 aromatic rings. The standard InChI is InChI=1S/C22H18N4O2/c1-28-20-10-7-15(12-16(20)13-27)17-8-9-18-21(24-17)19(26-22(23)25-18)11-14-5-3-2-4-6-14/h2-10,12-13H,11H2,1H3,(H2,23,25,26). The second-order valence-electron chi connectivity index (χ2n) is 6.33. The van der Waals surface area contributed by atoms with Crippen molar-refractivity contribution in [3.8, 4) is 17.0 Å². The zero-order valence-electron chi connectivity index (χ0n) is 15.3. The Morgan fingerprint density at radius 2 is 1.82 bits per heavy atom. The number of carbonyl (C=O) groups is 1. The molecule has 0 radical (unpaired) electrons. The fraction of sp³-hybridized carbons (Fsp3) is 0.0909. The number of aldehydes is 1. The average Bonchev–Trinajstić information content (AvgIpc) is 2.73. The van der Waals surface area contributed by atoms with Crippen LogP contribution in [0.5, 0.6) is 5.75 Å². The van der Waals surface area contributed by atoms with Gasteiger partial charge in [-0.15, -0.1) is 0 Å². The third-order valence-corrected chi connectivity index (χ3v) is 4.50. The van der Waals surface area contributed by atoms with Gasteiger partial charge in [0.1, 0.15) is 11.3 Å². The summed E-state index contributed by atoms with van der Waals surface area (Å²) in [6, 6.07) is 19.1. The Bertz CT molecular complexity index is 1160. The molecule has 6 heteroatoms. The predicted octanol–water partition coefficient (Wildman–Crippen LogP) is 3.69. The van der Waals surface area contributed by atoms with Crippen LogP contribution in [0.3, 0.4) is 0 Å². The van der Waals surface area contributed by atoms with Gasteiger partial charge in [0.05, 0.1) is 29.6 Å². The normalized spacial score (nSPS) is 10.8. The van der Waals surface area contributed by atoms with Gasteiger partial charge < -0.3 is 10.5 Å². The van der Waals surface area contributed by atoms with Gasteiger partial charge in [0.15, 0.2) is 6.29 Å². The molecule has 4 rings (SSSR count). The van der Waals surface area contributed by atoms with Crippen molar-refractivity contribution >= 4 is 23.3 Å². The van der Waals surface area contributed by atoms with E-state index in [-0.39, 0.29) is 5.95 Å². The molecule has 138 valence electrons. The molecule has 0 aliphatic heterocycles. The Kier molecular flexibility index (Phi) is 4.68. The number of nitrogens with zero attached hydrogens (tertiary/aromatic N) is 3. The summed E-state index contributed by atoms with van der Waals surface area (Å²) in [5.41, 5.74) is 11.2. The number of nitrogen functional groups attached to an aromatic ring is 1. The predicted molar refractivity (Wildman–Crippen MR) is 108 cm³/mol. The molecule has 0 unspecified atom stereocenters. The highest BCUT2D eigenvalue weighted by atomic mass is 16.5. The number of anilines is 1. The molecule has 0 saturated heterocycles. The van der Waals surface area contributed by atoms with Crippen LogP contribution in [0.4, 0.5) is 5.95 Å². The molecule has 6 nitrogen and oxygen atoms in total. The van der Waals surface area contributed by atoms with E-state index in [2.05, 4.69) is 9.97 Å². The third kappa shape index (κ3) is 3.40. The van der Waals surface area contributed by atoms with E-state index >= 15 is 0 Å². The Morgan fingerprint density at radius 3 is 2.57 bits per heavy atom. The highest BCUT2D eigenvalue weighted by Crippen LogP contribution is 2.27. The van der Waals surface area contributed by atoms with Crippen LogP contribution in [-0.4, -0.2) is 28.3 Å². The highest BCUT2D eigenvalue weighted by molar-refractivity contribution is 5.85. The molecule has 0 aliphatic carbocycles. The van der Waals surface area contributed by atoms with Gasteiger partial charge in [0.25, 0.3) is 0 Å².